The highest BCUT2D eigenvalue weighted by Crippen LogP contribution is 2.20. The number of aliphatic carboxylic acids is 1. The first kappa shape index (κ1) is 30.1. The van der Waals surface area contributed by atoms with Crippen molar-refractivity contribution >= 4 is 18.0 Å². The molecule has 0 aliphatic carbocycles. The van der Waals surface area contributed by atoms with Gasteiger partial charge in [-0.25, -0.2) is 9.59 Å². The van der Waals surface area contributed by atoms with E-state index in [0.29, 0.717) is 23.5 Å². The van der Waals surface area contributed by atoms with E-state index in [1.54, 1.807) is 36.4 Å². The Morgan fingerprint density at radius 1 is 0.676 bits per heavy atom. The molecule has 0 spiro atoms. The van der Waals surface area contributed by atoms with Crippen LogP contribution in [0.25, 0.3) is 6.08 Å². The number of ether oxygens (including phenoxy) is 2. The van der Waals surface area contributed by atoms with Gasteiger partial charge in [0.2, 0.25) is 0 Å². The van der Waals surface area contributed by atoms with E-state index < -0.39 is 11.9 Å². The average molecular weight is 509 g/mol. The van der Waals surface area contributed by atoms with Gasteiger partial charge in [0.25, 0.3) is 0 Å². The van der Waals surface area contributed by atoms with Gasteiger partial charge in [0.1, 0.15) is 11.5 Å². The molecule has 1 N–H and O–H groups in total. The predicted octanol–water partition coefficient (Wildman–Crippen LogP) is 8.86. The zero-order valence-electron chi connectivity index (χ0n) is 22.5. The molecule has 5 nitrogen and oxygen atoms in total. The van der Waals surface area contributed by atoms with E-state index in [0.717, 1.165) is 18.2 Å². The van der Waals surface area contributed by atoms with Crippen molar-refractivity contribution in [1.29, 1.82) is 0 Å². The van der Waals surface area contributed by atoms with Crippen molar-refractivity contribution in [3.63, 3.8) is 0 Å². The van der Waals surface area contributed by atoms with E-state index in [1.165, 1.54) is 89.5 Å². The van der Waals surface area contributed by atoms with E-state index >= 15 is 0 Å². The van der Waals surface area contributed by atoms with Crippen LogP contribution < -0.4 is 9.47 Å². The Hall–Kier alpha value is -3.08. The van der Waals surface area contributed by atoms with Crippen LogP contribution in [0.15, 0.2) is 54.6 Å². The summed E-state index contributed by atoms with van der Waals surface area (Å²) in [5.74, 6) is -0.270. The van der Waals surface area contributed by atoms with E-state index in [1.807, 2.05) is 12.1 Å². The number of hydrogen-bond acceptors (Lipinski definition) is 4. The van der Waals surface area contributed by atoms with Gasteiger partial charge in [-0.1, -0.05) is 103 Å². The van der Waals surface area contributed by atoms with Crippen molar-refractivity contribution in [2.24, 2.45) is 0 Å². The lowest BCUT2D eigenvalue weighted by Crippen LogP contribution is -2.08. The zero-order chi connectivity index (χ0) is 26.6. The minimum absolute atomic E-state index is 0.394. The molecule has 5 heteroatoms. The highest BCUT2D eigenvalue weighted by Gasteiger charge is 2.08. The number of carbonyl (C=O) groups is 2. The van der Waals surface area contributed by atoms with Crippen LogP contribution in [-0.2, 0) is 4.79 Å². The number of carboxylic acids is 1. The molecular formula is C32H44O5. The summed E-state index contributed by atoms with van der Waals surface area (Å²) >= 11 is 0. The highest BCUT2D eigenvalue weighted by molar-refractivity contribution is 5.91. The second-order valence-electron chi connectivity index (χ2n) is 9.60. The molecule has 0 unspecified atom stereocenters. The third-order valence-electron chi connectivity index (χ3n) is 6.37. The summed E-state index contributed by atoms with van der Waals surface area (Å²) in [6, 6.07) is 13.6. The molecular weight excluding hydrogens is 464 g/mol. The third-order valence-corrected chi connectivity index (χ3v) is 6.37. The molecule has 0 aromatic heterocycles. The smallest absolute Gasteiger partial charge is 0.343 e. The minimum Gasteiger partial charge on any atom is -0.494 e. The van der Waals surface area contributed by atoms with Gasteiger partial charge in [-0.3, -0.25) is 0 Å². The molecule has 37 heavy (non-hydrogen) atoms. The second kappa shape index (κ2) is 19.1. The molecule has 0 atom stereocenters. The Morgan fingerprint density at radius 2 is 1.16 bits per heavy atom. The molecule has 0 bridgehead atoms. The van der Waals surface area contributed by atoms with Crippen molar-refractivity contribution in [1.82, 2.24) is 0 Å². The molecule has 0 saturated carbocycles. The van der Waals surface area contributed by atoms with Crippen LogP contribution in [0.4, 0.5) is 0 Å². The normalized spacial score (nSPS) is 11.1. The van der Waals surface area contributed by atoms with Gasteiger partial charge in [0.05, 0.1) is 12.2 Å². The molecule has 0 saturated heterocycles. The van der Waals surface area contributed by atoms with Crippen molar-refractivity contribution in [2.45, 2.75) is 96.8 Å². The standard InChI is InChI=1S/C32H44O5/c1-2-3-4-5-6-7-8-9-10-11-12-13-14-15-26-36-29-21-23-30(24-22-29)37-32(35)28-19-16-27(17-20-28)18-25-31(33)34/h16-25H,2-15,26H2,1H3,(H,33,34)/b25-18+. The molecule has 0 radical (unpaired) electrons. The van der Waals surface area contributed by atoms with Crippen molar-refractivity contribution in [3.8, 4) is 11.5 Å². The molecule has 0 amide bonds. The van der Waals surface area contributed by atoms with Crippen molar-refractivity contribution in [3.05, 3.63) is 65.7 Å². The summed E-state index contributed by atoms with van der Waals surface area (Å²) in [7, 11) is 0. The molecule has 0 fully saturated rings. The van der Waals surface area contributed by atoms with Gasteiger partial charge in [-0.05, 0) is 54.5 Å². The lowest BCUT2D eigenvalue weighted by atomic mass is 10.0. The van der Waals surface area contributed by atoms with E-state index in [-0.39, 0.29) is 0 Å². The maximum atomic E-state index is 12.3. The number of carboxylic acid groups (broad SMARTS) is 1. The van der Waals surface area contributed by atoms with Gasteiger partial charge in [0, 0.05) is 6.08 Å². The summed E-state index contributed by atoms with van der Waals surface area (Å²) in [4.78, 5) is 22.9. The van der Waals surface area contributed by atoms with Gasteiger partial charge in [-0.2, -0.15) is 0 Å². The topological polar surface area (TPSA) is 72.8 Å². The molecule has 2 aromatic rings. The summed E-state index contributed by atoms with van der Waals surface area (Å²) in [6.45, 7) is 2.96. The maximum Gasteiger partial charge on any atom is 0.343 e. The van der Waals surface area contributed by atoms with Crippen molar-refractivity contribution < 1.29 is 24.2 Å². The van der Waals surface area contributed by atoms with E-state index in [9.17, 15) is 9.59 Å². The number of rotatable bonds is 20. The summed E-state index contributed by atoms with van der Waals surface area (Å²) in [6.07, 6.45) is 21.2. The van der Waals surface area contributed by atoms with Gasteiger partial charge < -0.3 is 14.6 Å². The van der Waals surface area contributed by atoms with E-state index in [2.05, 4.69) is 6.92 Å². The second-order valence-corrected chi connectivity index (χ2v) is 9.60. The number of unbranched alkanes of at least 4 members (excludes halogenated alkanes) is 13. The van der Waals surface area contributed by atoms with E-state index in [4.69, 9.17) is 14.6 Å². The fourth-order valence-corrected chi connectivity index (χ4v) is 4.15. The SMILES string of the molecule is CCCCCCCCCCCCCCCCOc1ccc(OC(=O)c2ccc(/C=C/C(=O)O)cc2)cc1. The first-order chi connectivity index (χ1) is 18.1. The van der Waals surface area contributed by atoms with Crippen molar-refractivity contribution in [2.75, 3.05) is 6.61 Å². The van der Waals surface area contributed by atoms with Crippen LogP contribution in [0.5, 0.6) is 11.5 Å². The number of benzene rings is 2. The Balaban J connectivity index is 1.51. The van der Waals surface area contributed by atoms with Gasteiger partial charge in [0.15, 0.2) is 0 Å². The van der Waals surface area contributed by atoms with Crippen LogP contribution >= 0.6 is 0 Å². The Kier molecular flexibility index (Phi) is 15.6. The fraction of sp³-hybridized carbons (Fsp3) is 0.500. The molecule has 0 heterocycles. The van der Waals surface area contributed by atoms with Gasteiger partial charge in [-0.15, -0.1) is 0 Å². The Labute approximate surface area is 222 Å². The molecule has 202 valence electrons. The molecule has 2 aromatic carbocycles. The van der Waals surface area contributed by atoms with Crippen LogP contribution in [0.2, 0.25) is 0 Å². The lowest BCUT2D eigenvalue weighted by molar-refractivity contribution is -0.131. The molecule has 2 rings (SSSR count). The predicted molar refractivity (Wildman–Crippen MR) is 150 cm³/mol. The highest BCUT2D eigenvalue weighted by atomic mass is 16.5. The largest absolute Gasteiger partial charge is 0.494 e. The fourth-order valence-electron chi connectivity index (χ4n) is 4.15. The van der Waals surface area contributed by atoms with Crippen LogP contribution in [0.1, 0.15) is 113 Å². The lowest BCUT2D eigenvalue weighted by Gasteiger charge is -2.08. The third kappa shape index (κ3) is 14.3. The average Bonchev–Trinajstić information content (AvgIpc) is 2.91. The van der Waals surface area contributed by atoms with Gasteiger partial charge >= 0.3 is 11.9 Å². The summed E-state index contributed by atoms with van der Waals surface area (Å²) in [5.41, 5.74) is 1.09. The molecule has 0 aliphatic rings. The summed E-state index contributed by atoms with van der Waals surface area (Å²) in [5, 5.41) is 8.68. The zero-order valence-corrected chi connectivity index (χ0v) is 22.5. The molecule has 0 aliphatic heterocycles. The number of esters is 1. The Bertz CT molecular complexity index is 915. The quantitative estimate of drug-likeness (QED) is 0.0837. The Morgan fingerprint density at radius 3 is 1.68 bits per heavy atom. The monoisotopic (exact) mass is 508 g/mol. The first-order valence-electron chi connectivity index (χ1n) is 14.0. The number of carbonyl (C=O) groups excluding carboxylic acids is 1. The number of hydrogen-bond donors (Lipinski definition) is 1. The minimum atomic E-state index is -1.02. The first-order valence-corrected chi connectivity index (χ1v) is 14.0. The maximum absolute atomic E-state index is 12.3. The van der Waals surface area contributed by atoms with Crippen LogP contribution in [0.3, 0.4) is 0 Å². The summed E-state index contributed by atoms with van der Waals surface area (Å²) < 4.78 is 11.2. The van der Waals surface area contributed by atoms with Crippen LogP contribution in [0, 0.1) is 0 Å². The van der Waals surface area contributed by atoms with Crippen LogP contribution in [-0.4, -0.2) is 23.7 Å².